The summed E-state index contributed by atoms with van der Waals surface area (Å²) in [6, 6.07) is 3.04. The number of nitrogens with two attached hydrogens (primary N) is 1. The fraction of sp³-hybridized carbons (Fsp3) is 0.536. The fourth-order valence-electron chi connectivity index (χ4n) is 5.12. The Morgan fingerprint density at radius 1 is 1.20 bits per heavy atom. The summed E-state index contributed by atoms with van der Waals surface area (Å²) < 4.78 is 33.6. The van der Waals surface area contributed by atoms with Crippen LogP contribution in [0.15, 0.2) is 47.5 Å². The molecule has 2 heterocycles. The van der Waals surface area contributed by atoms with E-state index in [0.717, 1.165) is 31.9 Å². The summed E-state index contributed by atoms with van der Waals surface area (Å²) in [6.07, 6.45) is 6.29. The van der Waals surface area contributed by atoms with Crippen molar-refractivity contribution in [1.82, 2.24) is 25.4 Å². The third-order valence-corrected chi connectivity index (χ3v) is 7.27. The highest BCUT2D eigenvalue weighted by molar-refractivity contribution is 5.98. The quantitative estimate of drug-likeness (QED) is 0.303. The number of aromatic nitrogens is 3. The molecule has 2 aromatic rings. The number of allylic oxidation sites excluding steroid dienone is 1. The molecule has 2 amide bonds. The minimum atomic E-state index is -2.64. The molecule has 216 valence electrons. The van der Waals surface area contributed by atoms with Crippen molar-refractivity contribution in [2.24, 2.45) is 28.5 Å². The van der Waals surface area contributed by atoms with Crippen molar-refractivity contribution in [1.29, 1.82) is 0 Å². The van der Waals surface area contributed by atoms with Crippen LogP contribution >= 0.6 is 0 Å². The lowest BCUT2D eigenvalue weighted by Gasteiger charge is -2.28. The van der Waals surface area contributed by atoms with Gasteiger partial charge >= 0.3 is 0 Å². The highest BCUT2D eigenvalue weighted by atomic mass is 19.3. The van der Waals surface area contributed by atoms with Crippen LogP contribution in [-0.4, -0.2) is 52.4 Å². The van der Waals surface area contributed by atoms with E-state index in [2.05, 4.69) is 25.7 Å². The first kappa shape index (κ1) is 29.2. The number of nitrogens with one attached hydrogen (secondary N) is 2. The number of aliphatic imine (C=N–C) groups is 1. The zero-order chi connectivity index (χ0) is 28.8. The van der Waals surface area contributed by atoms with E-state index in [1.54, 1.807) is 29.1 Å². The smallest absolute Gasteiger partial charge is 0.270 e. The zero-order valence-electron chi connectivity index (χ0n) is 23.0. The summed E-state index contributed by atoms with van der Waals surface area (Å²) in [5.41, 5.74) is 6.69. The Kier molecular flexibility index (Phi) is 9.49. The van der Waals surface area contributed by atoms with Gasteiger partial charge in [-0.3, -0.25) is 19.3 Å². The van der Waals surface area contributed by atoms with Crippen molar-refractivity contribution >= 4 is 18.0 Å². The molecule has 0 bridgehead atoms. The summed E-state index contributed by atoms with van der Waals surface area (Å²) in [5, 5.41) is 9.97. The number of hydrogen-bond donors (Lipinski definition) is 3. The van der Waals surface area contributed by atoms with Crippen LogP contribution in [0.3, 0.4) is 0 Å². The zero-order valence-corrected chi connectivity index (χ0v) is 23.0. The number of amides is 2. The molecule has 0 spiro atoms. The Balaban J connectivity index is 1.54. The third kappa shape index (κ3) is 7.22. The number of carbonyl (C=O) groups excluding carboxylic acids is 2. The maximum absolute atomic E-state index is 13.7. The van der Waals surface area contributed by atoms with Crippen LogP contribution < -0.4 is 21.1 Å². The van der Waals surface area contributed by atoms with E-state index in [4.69, 9.17) is 10.5 Å². The Morgan fingerprint density at radius 2 is 1.90 bits per heavy atom. The second-order valence-electron chi connectivity index (χ2n) is 10.6. The topological polar surface area (TPSA) is 137 Å². The van der Waals surface area contributed by atoms with Gasteiger partial charge in [0, 0.05) is 42.8 Å². The second kappa shape index (κ2) is 13.0. The molecule has 2 saturated carbocycles. The predicted octanol–water partition coefficient (Wildman–Crippen LogP) is 3.79. The summed E-state index contributed by atoms with van der Waals surface area (Å²) in [7, 11) is 1.40. The van der Waals surface area contributed by atoms with E-state index in [1.165, 1.54) is 19.5 Å². The van der Waals surface area contributed by atoms with Crippen molar-refractivity contribution < 1.29 is 23.1 Å². The van der Waals surface area contributed by atoms with Crippen LogP contribution in [-0.2, 0) is 4.79 Å². The fourth-order valence-corrected chi connectivity index (χ4v) is 5.12. The molecule has 2 fully saturated rings. The lowest BCUT2D eigenvalue weighted by atomic mass is 9.88. The van der Waals surface area contributed by atoms with E-state index in [1.807, 2.05) is 13.8 Å². The van der Waals surface area contributed by atoms with Crippen LogP contribution in [0.1, 0.15) is 74.1 Å². The number of ether oxygens (including phenoxy) is 1. The van der Waals surface area contributed by atoms with Crippen molar-refractivity contribution in [3.8, 4) is 5.88 Å². The molecule has 40 heavy (non-hydrogen) atoms. The molecule has 2 aliphatic carbocycles. The average molecular weight is 558 g/mol. The van der Waals surface area contributed by atoms with Crippen LogP contribution in [0.25, 0.3) is 0 Å². The number of alkyl halides is 2. The van der Waals surface area contributed by atoms with Crippen LogP contribution in [0.2, 0.25) is 0 Å². The van der Waals surface area contributed by atoms with E-state index >= 15 is 0 Å². The molecular formula is C28H37F2N7O3. The SMILES string of the molecule is COc1ncccc1C(CC(F)F)N=CC(=CN)NC(=O)C(NC(=O)c1ccnn1C(C)C)C(C1CC1)C1CC1. The van der Waals surface area contributed by atoms with Gasteiger partial charge in [0.25, 0.3) is 5.91 Å². The standard InChI is InChI=1S/C28H37F2N7O3/c1-16(2)37-22(10-12-34-37)26(38)36-25(24(17-6-7-17)18-8-9-18)27(39)35-19(14-31)15-33-21(13-23(29)30)20-5-4-11-32-28(20)40-3/h4-5,10-12,14-18,21,23-25H,6-9,13,31H2,1-3H3,(H,35,39)(H,36,38). The number of hydrogen-bond acceptors (Lipinski definition) is 7. The van der Waals surface area contributed by atoms with Gasteiger partial charge in [0.1, 0.15) is 11.7 Å². The predicted molar refractivity (Wildman–Crippen MR) is 146 cm³/mol. The summed E-state index contributed by atoms with van der Waals surface area (Å²) in [6.45, 7) is 3.84. The lowest BCUT2D eigenvalue weighted by Crippen LogP contribution is -2.52. The van der Waals surface area contributed by atoms with Crippen molar-refractivity contribution in [3.05, 3.63) is 53.7 Å². The van der Waals surface area contributed by atoms with Gasteiger partial charge in [-0.05, 0) is 75.5 Å². The first-order valence-corrected chi connectivity index (χ1v) is 13.6. The number of halogens is 2. The van der Waals surface area contributed by atoms with Gasteiger partial charge in [-0.2, -0.15) is 5.10 Å². The average Bonchev–Trinajstić information content (AvgIpc) is 3.88. The second-order valence-corrected chi connectivity index (χ2v) is 10.6. The van der Waals surface area contributed by atoms with Crippen molar-refractivity contribution in [2.75, 3.05) is 7.11 Å². The van der Waals surface area contributed by atoms with Gasteiger partial charge in [-0.1, -0.05) is 0 Å². The lowest BCUT2D eigenvalue weighted by molar-refractivity contribution is -0.123. The Morgan fingerprint density at radius 3 is 2.48 bits per heavy atom. The van der Waals surface area contributed by atoms with Gasteiger partial charge in [0.2, 0.25) is 18.2 Å². The number of pyridine rings is 1. The number of rotatable bonds is 14. The Hall–Kier alpha value is -3.83. The van der Waals surface area contributed by atoms with E-state index in [0.29, 0.717) is 23.1 Å². The summed E-state index contributed by atoms with van der Waals surface area (Å²) in [5.74, 6) is 0.0665. The monoisotopic (exact) mass is 557 g/mol. The first-order chi connectivity index (χ1) is 19.2. The molecule has 2 unspecified atom stereocenters. The molecule has 0 aliphatic heterocycles. The van der Waals surface area contributed by atoms with E-state index in [-0.39, 0.29) is 29.4 Å². The number of nitrogens with zero attached hydrogens (tertiary/aromatic N) is 4. The molecule has 0 saturated heterocycles. The normalized spacial score (nSPS) is 17.4. The molecular weight excluding hydrogens is 520 g/mol. The molecule has 2 atom stereocenters. The van der Waals surface area contributed by atoms with Crippen LogP contribution in [0.5, 0.6) is 5.88 Å². The van der Waals surface area contributed by atoms with Crippen LogP contribution in [0.4, 0.5) is 8.78 Å². The molecule has 2 aromatic heterocycles. The Labute approximate surface area is 232 Å². The molecule has 0 aromatic carbocycles. The van der Waals surface area contributed by atoms with Gasteiger partial charge in [0.05, 0.1) is 18.8 Å². The van der Waals surface area contributed by atoms with E-state index in [9.17, 15) is 18.4 Å². The highest BCUT2D eigenvalue weighted by Crippen LogP contribution is 2.50. The maximum atomic E-state index is 13.7. The minimum absolute atomic E-state index is 0.0124. The third-order valence-electron chi connectivity index (χ3n) is 7.27. The molecule has 0 radical (unpaired) electrons. The minimum Gasteiger partial charge on any atom is -0.481 e. The molecule has 4 rings (SSSR count). The summed E-state index contributed by atoms with van der Waals surface area (Å²) in [4.78, 5) is 35.4. The van der Waals surface area contributed by atoms with Gasteiger partial charge in [-0.15, -0.1) is 0 Å². The Bertz CT molecular complexity index is 1230. The molecule has 4 N–H and O–H groups in total. The highest BCUT2D eigenvalue weighted by Gasteiger charge is 2.48. The van der Waals surface area contributed by atoms with Crippen molar-refractivity contribution in [2.45, 2.75) is 70.5 Å². The van der Waals surface area contributed by atoms with Gasteiger partial charge in [-0.25, -0.2) is 13.8 Å². The molecule has 2 aliphatic rings. The summed E-state index contributed by atoms with van der Waals surface area (Å²) >= 11 is 0. The first-order valence-electron chi connectivity index (χ1n) is 13.6. The largest absolute Gasteiger partial charge is 0.481 e. The number of methoxy groups -OCH3 is 1. The van der Waals surface area contributed by atoms with Gasteiger partial charge in [0.15, 0.2) is 0 Å². The molecule has 10 nitrogen and oxygen atoms in total. The molecule has 12 heteroatoms. The van der Waals surface area contributed by atoms with E-state index < -0.39 is 30.8 Å². The number of carbonyl (C=O) groups is 2. The van der Waals surface area contributed by atoms with Crippen molar-refractivity contribution in [3.63, 3.8) is 0 Å². The maximum Gasteiger partial charge on any atom is 0.270 e. The van der Waals surface area contributed by atoms with Crippen LogP contribution in [0, 0.1) is 17.8 Å². The van der Waals surface area contributed by atoms with Gasteiger partial charge < -0.3 is 21.1 Å².